The molecule has 0 radical (unpaired) electrons. The Hall–Kier alpha value is -2.20. The highest BCUT2D eigenvalue weighted by Gasteiger charge is 2.15. The van der Waals surface area contributed by atoms with E-state index in [1.807, 2.05) is 36.4 Å². The van der Waals surface area contributed by atoms with Crippen molar-refractivity contribution in [1.29, 1.82) is 0 Å². The van der Waals surface area contributed by atoms with Crippen LogP contribution >= 0.6 is 11.6 Å². The number of rotatable bonds is 4. The van der Waals surface area contributed by atoms with Crippen LogP contribution in [0.5, 0.6) is 0 Å². The molecule has 2 aromatic carbocycles. The summed E-state index contributed by atoms with van der Waals surface area (Å²) in [5.41, 5.74) is 3.02. The molecule has 0 aromatic heterocycles. The highest BCUT2D eigenvalue weighted by atomic mass is 35.5. The normalized spacial score (nSPS) is 15.0. The Balaban J connectivity index is 1.49. The minimum absolute atomic E-state index is 0.213. The molecule has 3 rings (SSSR count). The standard InChI is InChI=1S/C20H24ClN3O/c1-15-10-12-24(13-11-15)19-8-6-18(7-9-19)23-20(25)22-14-16-2-4-17(21)5-3-16/h2-9,15H,10-14H2,1H3,(H2,22,23,25). The van der Waals surface area contributed by atoms with Gasteiger partial charge in [0.25, 0.3) is 0 Å². The molecule has 1 heterocycles. The quantitative estimate of drug-likeness (QED) is 0.817. The van der Waals surface area contributed by atoms with Crippen molar-refractivity contribution in [2.24, 2.45) is 5.92 Å². The fourth-order valence-corrected chi connectivity index (χ4v) is 3.11. The second kappa shape index (κ2) is 8.26. The zero-order valence-electron chi connectivity index (χ0n) is 14.5. The van der Waals surface area contributed by atoms with Crippen LogP contribution < -0.4 is 15.5 Å². The monoisotopic (exact) mass is 357 g/mol. The first-order chi connectivity index (χ1) is 12.1. The lowest BCUT2D eigenvalue weighted by atomic mass is 9.99. The summed E-state index contributed by atoms with van der Waals surface area (Å²) in [6, 6.07) is 15.3. The summed E-state index contributed by atoms with van der Waals surface area (Å²) in [5.74, 6) is 0.821. The van der Waals surface area contributed by atoms with Crippen LogP contribution in [-0.4, -0.2) is 19.1 Å². The van der Waals surface area contributed by atoms with E-state index in [9.17, 15) is 4.79 Å². The smallest absolute Gasteiger partial charge is 0.319 e. The molecule has 2 aromatic rings. The van der Waals surface area contributed by atoms with Gasteiger partial charge >= 0.3 is 6.03 Å². The molecule has 25 heavy (non-hydrogen) atoms. The molecule has 2 amide bonds. The van der Waals surface area contributed by atoms with Crippen LogP contribution in [0.1, 0.15) is 25.3 Å². The van der Waals surface area contributed by atoms with Crippen molar-refractivity contribution in [2.75, 3.05) is 23.3 Å². The number of piperidine rings is 1. The second-order valence-electron chi connectivity index (χ2n) is 6.65. The number of carbonyl (C=O) groups excluding carboxylic acids is 1. The summed E-state index contributed by atoms with van der Waals surface area (Å²) >= 11 is 5.85. The summed E-state index contributed by atoms with van der Waals surface area (Å²) < 4.78 is 0. The predicted molar refractivity (Wildman–Crippen MR) is 104 cm³/mol. The lowest BCUT2D eigenvalue weighted by Gasteiger charge is -2.32. The van der Waals surface area contributed by atoms with Gasteiger partial charge in [0.05, 0.1) is 0 Å². The first-order valence-electron chi connectivity index (χ1n) is 8.74. The molecule has 0 saturated carbocycles. The number of hydrogen-bond donors (Lipinski definition) is 2. The Bertz CT molecular complexity index is 692. The molecule has 0 spiro atoms. The number of anilines is 2. The van der Waals surface area contributed by atoms with Crippen LogP contribution in [0, 0.1) is 5.92 Å². The largest absolute Gasteiger partial charge is 0.372 e. The molecule has 0 aliphatic carbocycles. The zero-order valence-corrected chi connectivity index (χ0v) is 15.2. The van der Waals surface area contributed by atoms with E-state index in [0.717, 1.165) is 30.3 Å². The highest BCUT2D eigenvalue weighted by molar-refractivity contribution is 6.30. The fourth-order valence-electron chi connectivity index (χ4n) is 2.98. The number of halogens is 1. The van der Waals surface area contributed by atoms with Crippen molar-refractivity contribution in [2.45, 2.75) is 26.3 Å². The van der Waals surface area contributed by atoms with E-state index in [1.165, 1.54) is 18.5 Å². The summed E-state index contributed by atoms with van der Waals surface area (Å²) in [7, 11) is 0. The second-order valence-corrected chi connectivity index (χ2v) is 7.09. The van der Waals surface area contributed by atoms with Crippen molar-refractivity contribution in [3.05, 3.63) is 59.1 Å². The molecule has 1 aliphatic heterocycles. The molecule has 4 nitrogen and oxygen atoms in total. The lowest BCUT2D eigenvalue weighted by molar-refractivity contribution is 0.251. The Morgan fingerprint density at radius 1 is 1.08 bits per heavy atom. The van der Waals surface area contributed by atoms with Crippen LogP contribution in [0.3, 0.4) is 0 Å². The molecule has 1 saturated heterocycles. The molecular formula is C20H24ClN3O. The van der Waals surface area contributed by atoms with Crippen LogP contribution in [0.25, 0.3) is 0 Å². The molecular weight excluding hydrogens is 334 g/mol. The molecule has 5 heteroatoms. The number of nitrogens with one attached hydrogen (secondary N) is 2. The van der Waals surface area contributed by atoms with E-state index in [4.69, 9.17) is 11.6 Å². The maximum atomic E-state index is 12.0. The number of nitrogens with zero attached hydrogens (tertiary/aromatic N) is 1. The third kappa shape index (κ3) is 5.13. The van der Waals surface area contributed by atoms with Gasteiger partial charge in [-0.3, -0.25) is 0 Å². The average molecular weight is 358 g/mol. The Morgan fingerprint density at radius 3 is 2.36 bits per heavy atom. The predicted octanol–water partition coefficient (Wildman–Crippen LogP) is 4.90. The van der Waals surface area contributed by atoms with Gasteiger partial charge in [-0.25, -0.2) is 4.79 Å². The van der Waals surface area contributed by atoms with Gasteiger partial charge in [0.2, 0.25) is 0 Å². The van der Waals surface area contributed by atoms with Crippen molar-refractivity contribution < 1.29 is 4.79 Å². The number of urea groups is 1. The van der Waals surface area contributed by atoms with Gasteiger partial charge in [-0.1, -0.05) is 30.7 Å². The topological polar surface area (TPSA) is 44.4 Å². The number of carbonyl (C=O) groups is 1. The molecule has 0 unspecified atom stereocenters. The maximum absolute atomic E-state index is 12.0. The highest BCUT2D eigenvalue weighted by Crippen LogP contribution is 2.24. The molecule has 0 atom stereocenters. The fraction of sp³-hybridized carbons (Fsp3) is 0.350. The van der Waals surface area contributed by atoms with Gasteiger partial charge in [-0.15, -0.1) is 0 Å². The first-order valence-corrected chi connectivity index (χ1v) is 9.12. The van der Waals surface area contributed by atoms with Gasteiger partial charge in [-0.2, -0.15) is 0 Å². The Labute approximate surface area is 154 Å². The van der Waals surface area contributed by atoms with Crippen LogP contribution in [0.15, 0.2) is 48.5 Å². The van der Waals surface area contributed by atoms with E-state index in [-0.39, 0.29) is 6.03 Å². The van der Waals surface area contributed by atoms with Crippen LogP contribution in [0.4, 0.5) is 16.2 Å². The Kier molecular flexibility index (Phi) is 5.82. The van der Waals surface area contributed by atoms with Crippen LogP contribution in [0.2, 0.25) is 5.02 Å². The molecule has 1 aliphatic rings. The van der Waals surface area contributed by atoms with Crippen molar-refractivity contribution in [1.82, 2.24) is 5.32 Å². The van der Waals surface area contributed by atoms with Gasteiger partial charge < -0.3 is 15.5 Å². The number of hydrogen-bond acceptors (Lipinski definition) is 2. The molecule has 0 bridgehead atoms. The van der Waals surface area contributed by atoms with Crippen molar-refractivity contribution >= 4 is 29.0 Å². The van der Waals surface area contributed by atoms with Gasteiger partial charge in [-0.05, 0) is 60.7 Å². The third-order valence-corrected chi connectivity index (χ3v) is 4.89. The van der Waals surface area contributed by atoms with Gasteiger partial charge in [0.1, 0.15) is 0 Å². The van der Waals surface area contributed by atoms with E-state index in [0.29, 0.717) is 11.6 Å². The summed E-state index contributed by atoms with van der Waals surface area (Å²) in [6.07, 6.45) is 2.49. The average Bonchev–Trinajstić information content (AvgIpc) is 2.63. The third-order valence-electron chi connectivity index (χ3n) is 4.64. The zero-order chi connectivity index (χ0) is 17.6. The molecule has 132 valence electrons. The van der Waals surface area contributed by atoms with Crippen molar-refractivity contribution in [3.63, 3.8) is 0 Å². The molecule has 1 fully saturated rings. The van der Waals surface area contributed by atoms with E-state index in [2.05, 4.69) is 34.6 Å². The number of benzene rings is 2. The first kappa shape index (κ1) is 17.6. The van der Waals surface area contributed by atoms with E-state index in [1.54, 1.807) is 0 Å². The van der Waals surface area contributed by atoms with E-state index >= 15 is 0 Å². The van der Waals surface area contributed by atoms with Gasteiger partial charge in [0.15, 0.2) is 0 Å². The van der Waals surface area contributed by atoms with E-state index < -0.39 is 0 Å². The minimum Gasteiger partial charge on any atom is -0.372 e. The minimum atomic E-state index is -0.213. The number of amides is 2. The summed E-state index contributed by atoms with van der Waals surface area (Å²) in [6.45, 7) is 4.99. The van der Waals surface area contributed by atoms with Crippen LogP contribution in [-0.2, 0) is 6.54 Å². The molecule has 2 N–H and O–H groups in total. The van der Waals surface area contributed by atoms with Gasteiger partial charge in [0, 0.05) is 36.0 Å². The Morgan fingerprint density at radius 2 is 1.72 bits per heavy atom. The SMILES string of the molecule is CC1CCN(c2ccc(NC(=O)NCc3ccc(Cl)cc3)cc2)CC1. The summed E-state index contributed by atoms with van der Waals surface area (Å²) in [5, 5.41) is 6.40. The van der Waals surface area contributed by atoms with Crippen molar-refractivity contribution in [3.8, 4) is 0 Å². The maximum Gasteiger partial charge on any atom is 0.319 e. The lowest BCUT2D eigenvalue weighted by Crippen LogP contribution is -2.32. The summed E-state index contributed by atoms with van der Waals surface area (Å²) in [4.78, 5) is 14.4.